The van der Waals surface area contributed by atoms with E-state index < -0.39 is 60.0 Å². The number of H-pyrrole nitrogens is 1. The van der Waals surface area contributed by atoms with Gasteiger partial charge in [0, 0.05) is 29.9 Å². The van der Waals surface area contributed by atoms with E-state index in [1.54, 1.807) is 5.10 Å². The lowest BCUT2D eigenvalue weighted by Crippen LogP contribution is -2.32. The van der Waals surface area contributed by atoms with Gasteiger partial charge in [-0.05, 0) is 37.1 Å². The fourth-order valence-corrected chi connectivity index (χ4v) is 4.13. The minimum absolute atomic E-state index is 0.0380. The van der Waals surface area contributed by atoms with Crippen molar-refractivity contribution in [2.45, 2.75) is 44.6 Å². The summed E-state index contributed by atoms with van der Waals surface area (Å²) in [4.78, 5) is 32.6. The summed E-state index contributed by atoms with van der Waals surface area (Å²) in [7, 11) is 0. The number of fused-ring (bicyclic) bond motifs is 1. The van der Waals surface area contributed by atoms with Gasteiger partial charge in [-0.25, -0.2) is 23.3 Å². The third-order valence-electron chi connectivity index (χ3n) is 6.10. The number of aromatic amines is 1. The molecule has 3 heterocycles. The first-order valence-electron chi connectivity index (χ1n) is 12.1. The van der Waals surface area contributed by atoms with E-state index in [1.807, 2.05) is 0 Å². The van der Waals surface area contributed by atoms with Gasteiger partial charge in [0.15, 0.2) is 0 Å². The standard InChI is InChI=1S/C25H20F8N6O3/c26-16-6-15-18(7-14(16)17-4-3-12(8-34-17)21(27)28)35-11-39(23(15)41)5-1-2-13(10-42-24(29)30)37-19-9-36-38-22(40)20(19)25(31,32)33/h3-4,6-9,11,13,21,24H,1-2,5,10H2,(H2,37,38,40). The molecule has 0 fully saturated rings. The zero-order chi connectivity index (χ0) is 30.6. The lowest BCUT2D eigenvalue weighted by Gasteiger charge is -2.22. The van der Waals surface area contributed by atoms with Crippen LogP contribution in [-0.4, -0.2) is 44.0 Å². The number of hydrogen-bond donors (Lipinski definition) is 2. The van der Waals surface area contributed by atoms with Crippen molar-refractivity contribution in [3.05, 3.63) is 80.6 Å². The number of anilines is 1. The predicted molar refractivity (Wildman–Crippen MR) is 133 cm³/mol. The van der Waals surface area contributed by atoms with Crippen molar-refractivity contribution < 1.29 is 39.9 Å². The summed E-state index contributed by atoms with van der Waals surface area (Å²) in [6, 6.07) is 3.28. The van der Waals surface area contributed by atoms with E-state index in [-0.39, 0.29) is 47.1 Å². The zero-order valence-electron chi connectivity index (χ0n) is 21.1. The van der Waals surface area contributed by atoms with Gasteiger partial charge in [-0.15, -0.1) is 0 Å². The molecule has 0 amide bonds. The fourth-order valence-electron chi connectivity index (χ4n) is 4.13. The Balaban J connectivity index is 1.52. The van der Waals surface area contributed by atoms with Gasteiger partial charge >= 0.3 is 12.8 Å². The molecule has 0 bridgehead atoms. The highest BCUT2D eigenvalue weighted by molar-refractivity contribution is 5.83. The Kier molecular flexibility index (Phi) is 9.18. The third kappa shape index (κ3) is 7.07. The molecule has 1 aromatic carbocycles. The Labute approximate surface area is 230 Å². The first kappa shape index (κ1) is 30.5. The number of aryl methyl sites for hydroxylation is 1. The molecule has 0 aliphatic carbocycles. The highest BCUT2D eigenvalue weighted by Gasteiger charge is 2.37. The van der Waals surface area contributed by atoms with Crippen LogP contribution in [0.25, 0.3) is 22.2 Å². The molecule has 9 nitrogen and oxygen atoms in total. The maximum absolute atomic E-state index is 14.9. The maximum atomic E-state index is 14.9. The van der Waals surface area contributed by atoms with Gasteiger partial charge in [0.1, 0.15) is 11.4 Å². The van der Waals surface area contributed by atoms with E-state index in [0.717, 1.165) is 29.2 Å². The van der Waals surface area contributed by atoms with E-state index in [9.17, 15) is 44.7 Å². The summed E-state index contributed by atoms with van der Waals surface area (Å²) in [5.74, 6) is -0.864. The van der Waals surface area contributed by atoms with Crippen LogP contribution in [-0.2, 0) is 17.5 Å². The molecule has 0 aliphatic heterocycles. The van der Waals surface area contributed by atoms with Gasteiger partial charge in [0.25, 0.3) is 17.5 Å². The average Bonchev–Trinajstić information content (AvgIpc) is 2.92. The molecule has 1 atom stereocenters. The highest BCUT2D eigenvalue weighted by atomic mass is 19.4. The molecule has 0 aliphatic rings. The molecule has 0 saturated heterocycles. The lowest BCUT2D eigenvalue weighted by molar-refractivity contribution is -0.138. The summed E-state index contributed by atoms with van der Waals surface area (Å²) >= 11 is 0. The van der Waals surface area contributed by atoms with Crippen LogP contribution in [0.4, 0.5) is 40.8 Å². The van der Waals surface area contributed by atoms with E-state index in [2.05, 4.69) is 25.1 Å². The molecule has 4 aromatic rings. The van der Waals surface area contributed by atoms with Gasteiger partial charge in [-0.1, -0.05) is 0 Å². The monoisotopic (exact) mass is 604 g/mol. The van der Waals surface area contributed by atoms with Gasteiger partial charge in [-0.3, -0.25) is 19.1 Å². The Morgan fingerprint density at radius 2 is 1.81 bits per heavy atom. The van der Waals surface area contributed by atoms with Crippen molar-refractivity contribution in [3.8, 4) is 11.3 Å². The Hall–Kier alpha value is -4.41. The third-order valence-corrected chi connectivity index (χ3v) is 6.10. The van der Waals surface area contributed by atoms with E-state index in [4.69, 9.17) is 0 Å². The zero-order valence-corrected chi connectivity index (χ0v) is 21.1. The molecule has 1 unspecified atom stereocenters. The Morgan fingerprint density at radius 3 is 2.45 bits per heavy atom. The van der Waals surface area contributed by atoms with Crippen molar-refractivity contribution in [1.29, 1.82) is 0 Å². The van der Waals surface area contributed by atoms with Crippen molar-refractivity contribution >= 4 is 16.6 Å². The number of alkyl halides is 7. The van der Waals surface area contributed by atoms with Crippen molar-refractivity contribution in [2.75, 3.05) is 11.9 Å². The minimum Gasteiger partial charge on any atom is -0.378 e. The molecule has 0 radical (unpaired) electrons. The number of ether oxygens (including phenoxy) is 1. The number of hydrogen-bond acceptors (Lipinski definition) is 7. The molecule has 3 aromatic heterocycles. The van der Waals surface area contributed by atoms with Crippen LogP contribution >= 0.6 is 0 Å². The summed E-state index contributed by atoms with van der Waals surface area (Å²) in [5, 5.41) is 7.21. The average molecular weight is 604 g/mol. The van der Waals surface area contributed by atoms with Crippen LogP contribution in [0.5, 0.6) is 0 Å². The van der Waals surface area contributed by atoms with Crippen LogP contribution in [0, 0.1) is 5.82 Å². The van der Waals surface area contributed by atoms with Crippen LogP contribution < -0.4 is 16.4 Å². The topological polar surface area (TPSA) is 115 Å². The number of rotatable bonds is 11. The van der Waals surface area contributed by atoms with E-state index in [1.165, 1.54) is 12.1 Å². The summed E-state index contributed by atoms with van der Waals surface area (Å²) < 4.78 is 111. The molecular formula is C25H20F8N6O3. The van der Waals surface area contributed by atoms with Crippen molar-refractivity contribution in [2.24, 2.45) is 0 Å². The van der Waals surface area contributed by atoms with Crippen molar-refractivity contribution in [3.63, 3.8) is 0 Å². The van der Waals surface area contributed by atoms with Gasteiger partial charge < -0.3 is 10.1 Å². The maximum Gasteiger partial charge on any atom is 0.423 e. The number of nitrogens with zero attached hydrogens (tertiary/aromatic N) is 4. The number of benzene rings is 1. The number of halogens is 8. The first-order valence-corrected chi connectivity index (χ1v) is 12.1. The molecule has 2 N–H and O–H groups in total. The predicted octanol–water partition coefficient (Wildman–Crippen LogP) is 5.14. The summed E-state index contributed by atoms with van der Waals surface area (Å²) in [5.41, 5.74) is -4.86. The molecule has 0 spiro atoms. The van der Waals surface area contributed by atoms with E-state index >= 15 is 0 Å². The summed E-state index contributed by atoms with van der Waals surface area (Å²) in [6.07, 6.45) is -5.17. The first-order chi connectivity index (χ1) is 19.8. The Bertz CT molecular complexity index is 1660. The fraction of sp³-hybridized carbons (Fsp3) is 0.320. The van der Waals surface area contributed by atoms with E-state index in [0.29, 0.717) is 6.20 Å². The van der Waals surface area contributed by atoms with Crippen LogP contribution in [0.1, 0.15) is 30.4 Å². The second kappa shape index (κ2) is 12.6. The van der Waals surface area contributed by atoms with Crippen LogP contribution in [0.3, 0.4) is 0 Å². The highest BCUT2D eigenvalue weighted by Crippen LogP contribution is 2.32. The van der Waals surface area contributed by atoms with Gasteiger partial charge in [0.05, 0.1) is 41.4 Å². The Morgan fingerprint density at radius 1 is 1.05 bits per heavy atom. The molecule has 0 saturated carbocycles. The van der Waals surface area contributed by atoms with Crippen LogP contribution in [0.15, 0.2) is 52.6 Å². The SMILES string of the molecule is O=c1[nH]ncc(NC(CCCn2cnc3cc(-c4ccc(C(F)F)cn4)c(F)cc3c2=O)COC(F)F)c1C(F)(F)F. The number of nitrogens with one attached hydrogen (secondary N) is 2. The quantitative estimate of drug-likeness (QED) is 0.228. The minimum atomic E-state index is -5.07. The number of pyridine rings is 1. The lowest BCUT2D eigenvalue weighted by atomic mass is 10.1. The van der Waals surface area contributed by atoms with Crippen LogP contribution in [0.2, 0.25) is 0 Å². The smallest absolute Gasteiger partial charge is 0.378 e. The van der Waals surface area contributed by atoms with Gasteiger partial charge in [-0.2, -0.15) is 27.1 Å². The molecule has 4 rings (SSSR count). The normalized spacial score (nSPS) is 12.8. The van der Waals surface area contributed by atoms with Crippen molar-refractivity contribution in [1.82, 2.24) is 24.7 Å². The van der Waals surface area contributed by atoms with Gasteiger partial charge in [0.2, 0.25) is 0 Å². The second-order valence-corrected chi connectivity index (χ2v) is 8.93. The molecule has 17 heteroatoms. The molecule has 224 valence electrons. The summed E-state index contributed by atoms with van der Waals surface area (Å²) in [6.45, 7) is -4.06. The largest absolute Gasteiger partial charge is 0.423 e. The molecular weight excluding hydrogens is 584 g/mol. The molecule has 42 heavy (non-hydrogen) atoms. The number of aromatic nitrogens is 5. The second-order valence-electron chi connectivity index (χ2n) is 8.93.